The van der Waals surface area contributed by atoms with Crippen molar-refractivity contribution in [2.45, 2.75) is 26.4 Å². The van der Waals surface area contributed by atoms with Crippen LogP contribution in [-0.4, -0.2) is 18.6 Å². The van der Waals surface area contributed by atoms with Crippen LogP contribution < -0.4 is 0 Å². The van der Waals surface area contributed by atoms with Crippen molar-refractivity contribution in [3.05, 3.63) is 0 Å². The molecule has 0 aliphatic heterocycles. The Kier molecular flexibility index (Phi) is 2.02. The maximum absolute atomic E-state index is 5.44. The van der Waals surface area contributed by atoms with E-state index in [4.69, 9.17) is 16.3 Å². The van der Waals surface area contributed by atoms with Crippen LogP contribution in [-0.2, 0) is 4.74 Å². The summed E-state index contributed by atoms with van der Waals surface area (Å²) in [6.07, 6.45) is 1.68. The topological polar surface area (TPSA) is 9.23 Å². The summed E-state index contributed by atoms with van der Waals surface area (Å²) in [4.78, 5) is 0. The number of halogens is 1. The molecule has 0 radical (unpaired) electrons. The lowest BCUT2D eigenvalue weighted by atomic mass is 10.2. The van der Waals surface area contributed by atoms with Gasteiger partial charge in [-0.05, 0) is 11.8 Å². The molecule has 2 heteroatoms. The van der Waals surface area contributed by atoms with Gasteiger partial charge in [-0.1, -0.05) is 13.8 Å². The number of alkyl halides is 1. The summed E-state index contributed by atoms with van der Waals surface area (Å²) in [6.45, 7) is 5.13. The van der Waals surface area contributed by atoms with Gasteiger partial charge in [0.15, 0.2) is 0 Å². The molecule has 0 N–H and O–H groups in total. The van der Waals surface area contributed by atoms with Gasteiger partial charge in [-0.3, -0.25) is 0 Å². The first-order valence-corrected chi connectivity index (χ1v) is 3.88. The molecular formula is C7H13ClO. The molecule has 1 rings (SSSR count). The molecular weight excluding hydrogens is 136 g/mol. The van der Waals surface area contributed by atoms with Gasteiger partial charge < -0.3 is 4.74 Å². The summed E-state index contributed by atoms with van der Waals surface area (Å²) < 4.78 is 5.39. The van der Waals surface area contributed by atoms with Crippen molar-refractivity contribution in [1.29, 1.82) is 0 Å². The Morgan fingerprint density at radius 2 is 2.22 bits per heavy atom. The van der Waals surface area contributed by atoms with Gasteiger partial charge in [0, 0.05) is 5.88 Å². The molecule has 0 amide bonds. The van der Waals surface area contributed by atoms with E-state index >= 15 is 0 Å². The van der Waals surface area contributed by atoms with E-state index in [1.807, 2.05) is 0 Å². The molecule has 1 aliphatic carbocycles. The third kappa shape index (κ3) is 1.84. The Hall–Kier alpha value is 0.250. The smallest absolute Gasteiger partial charge is 0.0633 e. The number of hydrogen-bond donors (Lipinski definition) is 0. The minimum Gasteiger partial charge on any atom is -0.376 e. The summed E-state index contributed by atoms with van der Waals surface area (Å²) in [5.41, 5.74) is 0.437. The highest BCUT2D eigenvalue weighted by Gasteiger charge is 2.46. The van der Waals surface area contributed by atoms with E-state index in [0.717, 1.165) is 0 Å². The molecule has 1 nitrogen and oxygen atoms in total. The minimum absolute atomic E-state index is 0.437. The molecule has 1 aliphatic rings. The first kappa shape index (κ1) is 7.36. The van der Waals surface area contributed by atoms with Gasteiger partial charge in [0.2, 0.25) is 0 Å². The van der Waals surface area contributed by atoms with Crippen molar-refractivity contribution in [2.24, 2.45) is 5.41 Å². The quantitative estimate of drug-likeness (QED) is 0.557. The Morgan fingerprint density at radius 3 is 2.56 bits per heavy atom. The van der Waals surface area contributed by atoms with Gasteiger partial charge in [0.1, 0.15) is 0 Å². The monoisotopic (exact) mass is 148 g/mol. The maximum Gasteiger partial charge on any atom is 0.0633 e. The zero-order valence-electron chi connectivity index (χ0n) is 5.98. The van der Waals surface area contributed by atoms with Gasteiger partial charge in [0.25, 0.3) is 0 Å². The first-order valence-electron chi connectivity index (χ1n) is 3.34. The molecule has 1 fully saturated rings. The number of ether oxygens (including phenoxy) is 1. The van der Waals surface area contributed by atoms with Gasteiger partial charge in [-0.25, -0.2) is 0 Å². The molecule has 9 heavy (non-hydrogen) atoms. The molecule has 1 unspecified atom stereocenters. The van der Waals surface area contributed by atoms with E-state index in [1.54, 1.807) is 0 Å². The maximum atomic E-state index is 5.44. The zero-order chi connectivity index (χ0) is 6.91. The normalized spacial score (nSPS) is 30.3. The lowest BCUT2D eigenvalue weighted by Gasteiger charge is -2.01. The number of hydrogen-bond acceptors (Lipinski definition) is 1. The van der Waals surface area contributed by atoms with Crippen LogP contribution in [0.25, 0.3) is 0 Å². The van der Waals surface area contributed by atoms with Crippen LogP contribution in [0.15, 0.2) is 0 Å². The summed E-state index contributed by atoms with van der Waals surface area (Å²) in [6, 6.07) is 0. The van der Waals surface area contributed by atoms with Gasteiger partial charge >= 0.3 is 0 Å². The van der Waals surface area contributed by atoms with Crippen LogP contribution in [0.2, 0.25) is 0 Å². The summed E-state index contributed by atoms with van der Waals surface area (Å²) in [5, 5.41) is 0. The third-order valence-corrected chi connectivity index (χ3v) is 1.97. The van der Waals surface area contributed by atoms with E-state index < -0.39 is 0 Å². The molecule has 0 saturated heterocycles. The second kappa shape index (κ2) is 2.47. The van der Waals surface area contributed by atoms with Crippen LogP contribution in [0.1, 0.15) is 20.3 Å². The lowest BCUT2D eigenvalue weighted by Crippen LogP contribution is -2.03. The standard InChI is InChI=1S/C7H13ClO/c1-7(2)5-6(7)9-4-3-8/h6H,3-5H2,1-2H3. The second-order valence-corrected chi connectivity index (χ2v) is 3.62. The van der Waals surface area contributed by atoms with E-state index in [2.05, 4.69) is 13.8 Å². The molecule has 1 saturated carbocycles. The fourth-order valence-electron chi connectivity index (χ4n) is 0.890. The van der Waals surface area contributed by atoms with E-state index in [-0.39, 0.29) is 0 Å². The molecule has 0 aromatic carbocycles. The van der Waals surface area contributed by atoms with Crippen molar-refractivity contribution in [3.8, 4) is 0 Å². The van der Waals surface area contributed by atoms with Gasteiger partial charge in [-0.2, -0.15) is 0 Å². The van der Waals surface area contributed by atoms with Crippen molar-refractivity contribution >= 4 is 11.6 Å². The number of rotatable bonds is 3. The van der Waals surface area contributed by atoms with Crippen LogP contribution in [0.4, 0.5) is 0 Å². The van der Waals surface area contributed by atoms with Gasteiger partial charge in [-0.15, -0.1) is 11.6 Å². The van der Waals surface area contributed by atoms with E-state index in [0.29, 0.717) is 24.0 Å². The minimum atomic E-state index is 0.437. The highest BCUT2D eigenvalue weighted by molar-refractivity contribution is 6.17. The highest BCUT2D eigenvalue weighted by atomic mass is 35.5. The van der Waals surface area contributed by atoms with Crippen LogP contribution in [0.5, 0.6) is 0 Å². The van der Waals surface area contributed by atoms with Gasteiger partial charge in [0.05, 0.1) is 12.7 Å². The van der Waals surface area contributed by atoms with Crippen LogP contribution in [0, 0.1) is 5.41 Å². The first-order chi connectivity index (χ1) is 4.17. The van der Waals surface area contributed by atoms with Crippen molar-refractivity contribution < 1.29 is 4.74 Å². The molecule has 1 atom stereocenters. The largest absolute Gasteiger partial charge is 0.376 e. The summed E-state index contributed by atoms with van der Waals surface area (Å²) in [5.74, 6) is 0.618. The summed E-state index contributed by atoms with van der Waals surface area (Å²) >= 11 is 5.44. The second-order valence-electron chi connectivity index (χ2n) is 3.24. The summed E-state index contributed by atoms with van der Waals surface area (Å²) in [7, 11) is 0. The molecule has 0 spiro atoms. The lowest BCUT2D eigenvalue weighted by molar-refractivity contribution is 0.109. The van der Waals surface area contributed by atoms with E-state index in [1.165, 1.54) is 6.42 Å². The Bertz CT molecular complexity index is 101. The fraction of sp³-hybridized carbons (Fsp3) is 1.00. The van der Waals surface area contributed by atoms with E-state index in [9.17, 15) is 0 Å². The average Bonchev–Trinajstić information content (AvgIpc) is 2.35. The Morgan fingerprint density at radius 1 is 1.67 bits per heavy atom. The Labute approximate surface area is 61.3 Å². The van der Waals surface area contributed by atoms with Crippen molar-refractivity contribution in [1.82, 2.24) is 0 Å². The van der Waals surface area contributed by atoms with Crippen molar-refractivity contribution in [3.63, 3.8) is 0 Å². The molecule has 0 aromatic heterocycles. The van der Waals surface area contributed by atoms with Crippen LogP contribution >= 0.6 is 11.6 Å². The van der Waals surface area contributed by atoms with Crippen LogP contribution in [0.3, 0.4) is 0 Å². The van der Waals surface area contributed by atoms with Crippen molar-refractivity contribution in [2.75, 3.05) is 12.5 Å². The molecule has 54 valence electrons. The molecule has 0 heterocycles. The Balaban J connectivity index is 2.06. The fourth-order valence-corrected chi connectivity index (χ4v) is 0.979. The predicted molar refractivity (Wildman–Crippen MR) is 38.9 cm³/mol. The SMILES string of the molecule is CC1(C)CC1OCCCl. The molecule has 0 aromatic rings. The zero-order valence-corrected chi connectivity index (χ0v) is 6.74. The highest BCUT2D eigenvalue weighted by Crippen LogP contribution is 2.46. The predicted octanol–water partition coefficient (Wildman–Crippen LogP) is 2.04. The third-order valence-electron chi connectivity index (χ3n) is 1.82. The average molecular weight is 149 g/mol. The molecule has 0 bridgehead atoms.